The smallest absolute Gasteiger partial charge is 0.355 e. The first-order valence-corrected chi connectivity index (χ1v) is 11.9. The van der Waals surface area contributed by atoms with Crippen LogP contribution in [0.25, 0.3) is 49.6 Å². The van der Waals surface area contributed by atoms with E-state index in [-0.39, 0.29) is 22.3 Å². The topological polar surface area (TPSA) is 75.0 Å². The van der Waals surface area contributed by atoms with E-state index in [2.05, 4.69) is 0 Å². The maximum Gasteiger partial charge on any atom is 0.355 e. The summed E-state index contributed by atoms with van der Waals surface area (Å²) in [5.74, 6) is 0.565. The van der Waals surface area contributed by atoms with Crippen LogP contribution in [0.3, 0.4) is 0 Å². The summed E-state index contributed by atoms with van der Waals surface area (Å²) in [7, 11) is 0. The van der Waals surface area contributed by atoms with Gasteiger partial charge in [-0.3, -0.25) is 4.79 Å². The molecular formula is C30H22O6. The third-order valence-corrected chi connectivity index (χ3v) is 6.95. The Labute approximate surface area is 205 Å². The molecule has 0 aliphatic carbocycles. The zero-order valence-electron chi connectivity index (χ0n) is 20.2. The van der Waals surface area contributed by atoms with Gasteiger partial charge in [-0.15, -0.1) is 0 Å². The lowest BCUT2D eigenvalue weighted by molar-refractivity contribution is -0.152. The van der Waals surface area contributed by atoms with Gasteiger partial charge < -0.3 is 18.6 Å². The van der Waals surface area contributed by atoms with Crippen molar-refractivity contribution in [2.24, 2.45) is 0 Å². The van der Waals surface area contributed by atoms with Gasteiger partial charge in [0.1, 0.15) is 22.3 Å². The molecule has 6 heteroatoms. The summed E-state index contributed by atoms with van der Waals surface area (Å²) in [6, 6.07) is 15.2. The van der Waals surface area contributed by atoms with Gasteiger partial charge in [0.25, 0.3) is 0 Å². The largest absolute Gasteiger partial charge is 0.482 e. The highest BCUT2D eigenvalue weighted by Gasteiger charge is 2.41. The van der Waals surface area contributed by atoms with E-state index in [1.807, 2.05) is 74.5 Å². The van der Waals surface area contributed by atoms with Gasteiger partial charge in [-0.05, 0) is 33.8 Å². The quantitative estimate of drug-likeness (QED) is 0.109. The van der Waals surface area contributed by atoms with Crippen LogP contribution in [0.15, 0.2) is 63.8 Å². The van der Waals surface area contributed by atoms with Crippen LogP contribution in [-0.4, -0.2) is 17.2 Å². The van der Waals surface area contributed by atoms with Gasteiger partial charge >= 0.3 is 5.97 Å². The van der Waals surface area contributed by atoms with Gasteiger partial charge in [0, 0.05) is 27.1 Å². The second-order valence-corrected chi connectivity index (χ2v) is 10.4. The van der Waals surface area contributed by atoms with Gasteiger partial charge in [0.2, 0.25) is 11.0 Å². The fourth-order valence-corrected chi connectivity index (χ4v) is 5.18. The zero-order chi connectivity index (χ0) is 25.0. The Bertz CT molecular complexity index is 1910. The lowest BCUT2D eigenvalue weighted by Crippen LogP contribution is -2.44. The molecule has 0 unspecified atom stereocenters. The Morgan fingerprint density at radius 3 is 1.92 bits per heavy atom. The molecule has 0 N–H and O–H groups in total. The Morgan fingerprint density at radius 1 is 0.667 bits per heavy atom. The summed E-state index contributed by atoms with van der Waals surface area (Å²) in [5.41, 5.74) is -0.532. The van der Waals surface area contributed by atoms with Crippen molar-refractivity contribution in [2.45, 2.75) is 38.9 Å². The van der Waals surface area contributed by atoms with Crippen molar-refractivity contribution >= 4 is 55.5 Å². The molecule has 0 amide bonds. The summed E-state index contributed by atoms with van der Waals surface area (Å²) in [5, 5.41) is 3.60. The van der Waals surface area contributed by atoms with Crippen molar-refractivity contribution in [1.82, 2.24) is 0 Å². The number of carbonyl (C=O) groups is 1. The predicted octanol–water partition coefficient (Wildman–Crippen LogP) is 6.51. The summed E-state index contributed by atoms with van der Waals surface area (Å²) >= 11 is 0. The number of carbonyl (C=O) groups excluding carboxylic acids is 1. The monoisotopic (exact) mass is 478 g/mol. The first-order chi connectivity index (χ1) is 17.2. The minimum absolute atomic E-state index is 0.215. The highest BCUT2D eigenvalue weighted by Crippen LogP contribution is 2.49. The van der Waals surface area contributed by atoms with Gasteiger partial charge in [-0.25, -0.2) is 4.79 Å². The minimum Gasteiger partial charge on any atom is -0.482 e. The van der Waals surface area contributed by atoms with E-state index in [1.165, 1.54) is 0 Å². The van der Waals surface area contributed by atoms with Crippen molar-refractivity contribution in [2.75, 3.05) is 0 Å². The molecule has 0 bridgehead atoms. The van der Waals surface area contributed by atoms with Crippen molar-refractivity contribution < 1.29 is 23.4 Å². The molecule has 178 valence electrons. The number of ether oxygens (including phenoxy) is 3. The van der Waals surface area contributed by atoms with Crippen LogP contribution in [0, 0.1) is 0 Å². The number of hydrogen-bond acceptors (Lipinski definition) is 6. The molecule has 7 rings (SSSR count). The molecule has 0 atom stereocenters. The molecule has 2 aliphatic heterocycles. The highest BCUT2D eigenvalue weighted by atomic mass is 16.6. The van der Waals surface area contributed by atoms with E-state index in [0.717, 1.165) is 10.8 Å². The van der Waals surface area contributed by atoms with Crippen molar-refractivity contribution in [3.63, 3.8) is 0 Å². The van der Waals surface area contributed by atoms with Crippen molar-refractivity contribution in [3.05, 3.63) is 70.4 Å². The third kappa shape index (κ3) is 2.67. The molecule has 2 aliphatic rings. The molecule has 36 heavy (non-hydrogen) atoms. The molecule has 3 heterocycles. The van der Waals surface area contributed by atoms with Crippen LogP contribution in [0.1, 0.15) is 33.3 Å². The van der Waals surface area contributed by atoms with E-state index in [9.17, 15) is 9.59 Å². The van der Waals surface area contributed by atoms with Crippen LogP contribution in [0.4, 0.5) is 0 Å². The Balaban J connectivity index is 1.75. The maximum absolute atomic E-state index is 14.4. The first kappa shape index (κ1) is 21.0. The Hall–Kier alpha value is -4.32. The van der Waals surface area contributed by atoms with E-state index in [1.54, 1.807) is 13.8 Å². The second-order valence-electron chi connectivity index (χ2n) is 10.4. The van der Waals surface area contributed by atoms with Crippen LogP contribution in [-0.2, 0) is 4.79 Å². The average molecular weight is 479 g/mol. The maximum atomic E-state index is 14.4. The minimum atomic E-state index is -1.26. The first-order valence-electron chi connectivity index (χ1n) is 11.9. The number of esters is 1. The van der Waals surface area contributed by atoms with Crippen LogP contribution in [0.5, 0.6) is 17.2 Å². The molecule has 0 saturated heterocycles. The fraction of sp³-hybridized carbons (Fsp3) is 0.200. The summed E-state index contributed by atoms with van der Waals surface area (Å²) in [4.78, 5) is 27.1. The fourth-order valence-electron chi connectivity index (χ4n) is 5.18. The van der Waals surface area contributed by atoms with E-state index < -0.39 is 17.2 Å². The van der Waals surface area contributed by atoms with E-state index in [4.69, 9.17) is 18.6 Å². The molecule has 0 fully saturated rings. The second kappa shape index (κ2) is 6.66. The number of rotatable bonds is 0. The van der Waals surface area contributed by atoms with E-state index in [0.29, 0.717) is 38.6 Å². The van der Waals surface area contributed by atoms with Gasteiger partial charge in [-0.2, -0.15) is 0 Å². The standard InChI is InChI=1S/C30H22O6/c1-29(2)14-13-19-20-22(31)21-25(33-24(20)16-10-6-5-9-15(16)23(19)35-29)17-11-7-8-12-18(17)26-27(21)36-30(3,4)28(32)34-26/h5-14H,1-4H3. The summed E-state index contributed by atoms with van der Waals surface area (Å²) < 4.78 is 24.9. The van der Waals surface area contributed by atoms with Crippen molar-refractivity contribution in [1.29, 1.82) is 0 Å². The Kier molecular flexibility index (Phi) is 3.89. The predicted molar refractivity (Wildman–Crippen MR) is 139 cm³/mol. The van der Waals surface area contributed by atoms with Gasteiger partial charge in [0.05, 0.1) is 5.39 Å². The number of hydrogen-bond donors (Lipinski definition) is 0. The van der Waals surface area contributed by atoms with Gasteiger partial charge in [-0.1, -0.05) is 54.6 Å². The molecule has 5 aromatic rings. The van der Waals surface area contributed by atoms with E-state index >= 15 is 0 Å². The summed E-state index contributed by atoms with van der Waals surface area (Å²) in [6.45, 7) is 7.19. The van der Waals surface area contributed by atoms with Crippen LogP contribution >= 0.6 is 0 Å². The van der Waals surface area contributed by atoms with Crippen LogP contribution < -0.4 is 19.6 Å². The SMILES string of the molecule is CC1(C)C=Cc2c(c3ccccc3c3oc4c(c5c(c6ccccc64)OC(=O)C(C)(C)O5)c(=O)c23)O1. The molecular weight excluding hydrogens is 456 g/mol. The molecule has 6 nitrogen and oxygen atoms in total. The molecule has 0 spiro atoms. The average Bonchev–Trinajstić information content (AvgIpc) is 2.85. The summed E-state index contributed by atoms with van der Waals surface area (Å²) in [6.07, 6.45) is 3.86. The Morgan fingerprint density at radius 2 is 1.25 bits per heavy atom. The molecule has 0 radical (unpaired) electrons. The number of benzene rings is 4. The molecule has 4 aromatic carbocycles. The third-order valence-electron chi connectivity index (χ3n) is 6.95. The van der Waals surface area contributed by atoms with Crippen molar-refractivity contribution in [3.8, 4) is 17.2 Å². The highest BCUT2D eigenvalue weighted by molar-refractivity contribution is 6.18. The molecule has 1 aromatic heterocycles. The zero-order valence-corrected chi connectivity index (χ0v) is 20.2. The lowest BCUT2D eigenvalue weighted by atomic mass is 9.93. The number of fused-ring (bicyclic) bond motifs is 12. The van der Waals surface area contributed by atoms with Gasteiger partial charge in [0.15, 0.2) is 17.1 Å². The normalized spacial score (nSPS) is 17.5. The lowest BCUT2D eigenvalue weighted by Gasteiger charge is -2.32. The van der Waals surface area contributed by atoms with Crippen LogP contribution in [0.2, 0.25) is 0 Å². The molecule has 0 saturated carbocycles.